The molecule has 1 amide bonds. The Morgan fingerprint density at radius 2 is 1.72 bits per heavy atom. The zero-order chi connectivity index (χ0) is 22.9. The van der Waals surface area contributed by atoms with E-state index in [1.165, 1.54) is 0 Å². The SMILES string of the molecule is Cc1ccc(S(=O)(=O)C2(C(=O)OCC(=O)N3CCCc4ccccc43)CCCC2)cc1C. The van der Waals surface area contributed by atoms with Gasteiger partial charge in [0.15, 0.2) is 21.2 Å². The van der Waals surface area contributed by atoms with Gasteiger partial charge in [-0.25, -0.2) is 8.42 Å². The Bertz CT molecular complexity index is 1150. The number of ether oxygens (including phenoxy) is 1. The van der Waals surface area contributed by atoms with Crippen molar-refractivity contribution in [3.05, 3.63) is 59.2 Å². The van der Waals surface area contributed by atoms with Crippen molar-refractivity contribution in [2.45, 2.75) is 62.0 Å². The number of anilines is 1. The third-order valence-electron chi connectivity index (χ3n) is 6.82. The van der Waals surface area contributed by atoms with Gasteiger partial charge < -0.3 is 9.64 Å². The summed E-state index contributed by atoms with van der Waals surface area (Å²) in [6.07, 6.45) is 3.42. The van der Waals surface area contributed by atoms with E-state index in [0.717, 1.165) is 35.2 Å². The summed E-state index contributed by atoms with van der Waals surface area (Å²) in [6.45, 7) is 3.86. The number of benzene rings is 2. The molecule has 1 saturated carbocycles. The van der Waals surface area contributed by atoms with Gasteiger partial charge in [-0.15, -0.1) is 0 Å². The van der Waals surface area contributed by atoms with Gasteiger partial charge in [-0.1, -0.05) is 37.1 Å². The highest BCUT2D eigenvalue weighted by Crippen LogP contribution is 2.42. The molecule has 0 N–H and O–H groups in total. The van der Waals surface area contributed by atoms with Gasteiger partial charge in [0.25, 0.3) is 5.91 Å². The van der Waals surface area contributed by atoms with Gasteiger partial charge in [-0.2, -0.15) is 0 Å². The Balaban J connectivity index is 1.54. The van der Waals surface area contributed by atoms with E-state index in [2.05, 4.69) is 0 Å². The van der Waals surface area contributed by atoms with Gasteiger partial charge in [0.1, 0.15) is 0 Å². The first kappa shape index (κ1) is 22.5. The molecule has 1 heterocycles. The second-order valence-electron chi connectivity index (χ2n) is 8.80. The molecule has 0 aromatic heterocycles. The summed E-state index contributed by atoms with van der Waals surface area (Å²) in [5.74, 6) is -1.14. The van der Waals surface area contributed by atoms with E-state index in [-0.39, 0.29) is 23.6 Å². The van der Waals surface area contributed by atoms with Crippen molar-refractivity contribution in [2.75, 3.05) is 18.1 Å². The number of nitrogens with zero attached hydrogens (tertiary/aromatic N) is 1. The van der Waals surface area contributed by atoms with Gasteiger partial charge in [0.2, 0.25) is 0 Å². The number of esters is 1. The highest BCUT2D eigenvalue weighted by atomic mass is 32.2. The first-order valence-corrected chi connectivity index (χ1v) is 12.6. The smallest absolute Gasteiger partial charge is 0.328 e. The number of hydrogen-bond donors (Lipinski definition) is 0. The van der Waals surface area contributed by atoms with Crippen LogP contribution in [0.5, 0.6) is 0 Å². The lowest BCUT2D eigenvalue weighted by Gasteiger charge is -2.30. The first-order chi connectivity index (χ1) is 15.3. The highest BCUT2D eigenvalue weighted by molar-refractivity contribution is 7.93. The fourth-order valence-corrected chi connectivity index (χ4v) is 6.90. The average molecular weight is 456 g/mol. The lowest BCUT2D eigenvalue weighted by molar-refractivity contribution is -0.150. The third-order valence-corrected chi connectivity index (χ3v) is 9.30. The van der Waals surface area contributed by atoms with Crippen LogP contribution in [0.25, 0.3) is 0 Å². The molecule has 7 heteroatoms. The number of fused-ring (bicyclic) bond motifs is 1. The minimum absolute atomic E-state index is 0.135. The highest BCUT2D eigenvalue weighted by Gasteiger charge is 2.54. The van der Waals surface area contributed by atoms with Gasteiger partial charge in [0.05, 0.1) is 4.90 Å². The summed E-state index contributed by atoms with van der Waals surface area (Å²) < 4.78 is 30.9. The molecule has 4 rings (SSSR count). The summed E-state index contributed by atoms with van der Waals surface area (Å²) >= 11 is 0. The molecular formula is C25H29NO5S. The zero-order valence-corrected chi connectivity index (χ0v) is 19.4. The number of rotatable bonds is 5. The number of carbonyl (C=O) groups is 2. The zero-order valence-electron chi connectivity index (χ0n) is 18.6. The van der Waals surface area contributed by atoms with Crippen LogP contribution in [0.15, 0.2) is 47.4 Å². The second kappa shape index (κ2) is 8.70. The summed E-state index contributed by atoms with van der Waals surface area (Å²) in [5, 5.41) is 0. The van der Waals surface area contributed by atoms with E-state index in [4.69, 9.17) is 4.74 Å². The molecule has 0 unspecified atom stereocenters. The van der Waals surface area contributed by atoms with E-state index in [0.29, 0.717) is 19.4 Å². The fourth-order valence-electron chi connectivity index (χ4n) is 4.76. The summed E-state index contributed by atoms with van der Waals surface area (Å²) in [5.41, 5.74) is 3.76. The van der Waals surface area contributed by atoms with Crippen molar-refractivity contribution in [3.63, 3.8) is 0 Å². The number of aryl methyl sites for hydroxylation is 3. The quantitative estimate of drug-likeness (QED) is 0.639. The largest absolute Gasteiger partial charge is 0.454 e. The van der Waals surface area contributed by atoms with Crippen molar-refractivity contribution >= 4 is 27.4 Å². The molecule has 6 nitrogen and oxygen atoms in total. The van der Waals surface area contributed by atoms with Crippen molar-refractivity contribution in [1.29, 1.82) is 0 Å². The molecular weight excluding hydrogens is 426 g/mol. The lowest BCUT2D eigenvalue weighted by atomic mass is 10.0. The summed E-state index contributed by atoms with van der Waals surface area (Å²) in [6, 6.07) is 12.6. The average Bonchev–Trinajstić information content (AvgIpc) is 3.30. The van der Waals surface area contributed by atoms with Crippen molar-refractivity contribution in [3.8, 4) is 0 Å². The Kier molecular flexibility index (Phi) is 6.12. The molecule has 0 atom stereocenters. The van der Waals surface area contributed by atoms with Crippen LogP contribution in [-0.2, 0) is 30.6 Å². The summed E-state index contributed by atoms with van der Waals surface area (Å²) in [7, 11) is -3.96. The van der Waals surface area contributed by atoms with Crippen LogP contribution in [0, 0.1) is 13.8 Å². The second-order valence-corrected chi connectivity index (χ2v) is 11.1. The lowest BCUT2D eigenvalue weighted by Crippen LogP contribution is -2.47. The monoisotopic (exact) mass is 455 g/mol. The van der Waals surface area contributed by atoms with Crippen LogP contribution in [0.1, 0.15) is 48.8 Å². The van der Waals surface area contributed by atoms with E-state index in [9.17, 15) is 18.0 Å². The normalized spacial score (nSPS) is 17.6. The number of carbonyl (C=O) groups excluding carboxylic acids is 2. The minimum atomic E-state index is -3.96. The molecule has 32 heavy (non-hydrogen) atoms. The standard InChI is InChI=1S/C25H29NO5S/c1-18-11-12-21(16-19(18)2)32(29,30)25(13-5-6-14-25)24(28)31-17-23(27)26-15-7-9-20-8-3-4-10-22(20)26/h3-4,8,10-12,16H,5-7,9,13-15,17H2,1-2H3. The van der Waals surface area contributed by atoms with Crippen LogP contribution in [0.3, 0.4) is 0 Å². The van der Waals surface area contributed by atoms with Gasteiger partial charge in [0, 0.05) is 12.2 Å². The fraction of sp³-hybridized carbons (Fsp3) is 0.440. The minimum Gasteiger partial charge on any atom is -0.454 e. The van der Waals surface area contributed by atoms with Crippen LogP contribution in [0.4, 0.5) is 5.69 Å². The molecule has 0 radical (unpaired) electrons. The van der Waals surface area contributed by atoms with E-state index in [1.807, 2.05) is 38.1 Å². The molecule has 1 aliphatic carbocycles. The number of sulfone groups is 1. The first-order valence-electron chi connectivity index (χ1n) is 11.1. The molecule has 170 valence electrons. The number of hydrogen-bond acceptors (Lipinski definition) is 5. The Hall–Kier alpha value is -2.67. The predicted octanol–water partition coefficient (Wildman–Crippen LogP) is 3.91. The van der Waals surface area contributed by atoms with E-state index < -0.39 is 27.2 Å². The van der Waals surface area contributed by atoms with E-state index >= 15 is 0 Å². The maximum atomic E-state index is 13.6. The molecule has 2 aliphatic rings. The van der Waals surface area contributed by atoms with Gasteiger partial charge >= 0.3 is 5.97 Å². The number of para-hydroxylation sites is 1. The molecule has 0 spiro atoms. The molecule has 1 aliphatic heterocycles. The maximum absolute atomic E-state index is 13.6. The number of amides is 1. The molecule has 2 aromatic carbocycles. The molecule has 1 fully saturated rings. The van der Waals surface area contributed by atoms with E-state index in [1.54, 1.807) is 23.1 Å². The summed E-state index contributed by atoms with van der Waals surface area (Å²) in [4.78, 5) is 27.9. The van der Waals surface area contributed by atoms with Gasteiger partial charge in [-0.05, 0) is 74.4 Å². The molecule has 0 saturated heterocycles. The van der Waals surface area contributed by atoms with Crippen LogP contribution < -0.4 is 4.90 Å². The van der Waals surface area contributed by atoms with Crippen LogP contribution in [0.2, 0.25) is 0 Å². The Morgan fingerprint density at radius 3 is 2.44 bits per heavy atom. The molecule has 0 bridgehead atoms. The maximum Gasteiger partial charge on any atom is 0.328 e. The Labute approximate surface area is 189 Å². The third kappa shape index (κ3) is 3.83. The van der Waals surface area contributed by atoms with Crippen molar-refractivity contribution in [2.24, 2.45) is 0 Å². The van der Waals surface area contributed by atoms with Gasteiger partial charge in [-0.3, -0.25) is 9.59 Å². The van der Waals surface area contributed by atoms with Crippen molar-refractivity contribution in [1.82, 2.24) is 0 Å². The van der Waals surface area contributed by atoms with Crippen molar-refractivity contribution < 1.29 is 22.7 Å². The topological polar surface area (TPSA) is 80.7 Å². The molecule has 2 aromatic rings. The van der Waals surface area contributed by atoms with Crippen LogP contribution >= 0.6 is 0 Å². The predicted molar refractivity (Wildman–Crippen MR) is 122 cm³/mol. The Morgan fingerprint density at radius 1 is 1.00 bits per heavy atom. The van der Waals surface area contributed by atoms with Crippen LogP contribution in [-0.4, -0.2) is 38.2 Å².